The second-order valence-corrected chi connectivity index (χ2v) is 6.69. The number of carbonyl (C=O) groups excluding carboxylic acids is 1. The van der Waals surface area contributed by atoms with Gasteiger partial charge in [0.05, 0.1) is 18.1 Å². The van der Waals surface area contributed by atoms with Crippen LogP contribution in [0.2, 0.25) is 5.02 Å². The number of hydrogen-bond donors (Lipinski definition) is 1. The first-order valence-electron chi connectivity index (χ1n) is 8.42. The summed E-state index contributed by atoms with van der Waals surface area (Å²) in [4.78, 5) is 22.9. The highest BCUT2D eigenvalue weighted by atomic mass is 35.5. The van der Waals surface area contributed by atoms with E-state index in [4.69, 9.17) is 11.6 Å². The van der Waals surface area contributed by atoms with Crippen molar-refractivity contribution in [1.82, 2.24) is 9.97 Å². The van der Waals surface area contributed by atoms with E-state index in [1.54, 1.807) is 24.5 Å². The van der Waals surface area contributed by atoms with Crippen molar-refractivity contribution in [3.05, 3.63) is 53.3 Å². The number of nitrogens with zero attached hydrogens (tertiary/aromatic N) is 3. The molecule has 1 fully saturated rings. The molecule has 3 rings (SSSR count). The molecule has 0 saturated carbocycles. The van der Waals surface area contributed by atoms with Crippen LogP contribution in [-0.2, 0) is 4.79 Å². The normalized spacial score (nSPS) is 15.5. The minimum absolute atomic E-state index is 0.247. The van der Waals surface area contributed by atoms with Crippen molar-refractivity contribution in [2.24, 2.45) is 5.92 Å². The molecule has 0 unspecified atom stereocenters. The Morgan fingerprint density at radius 1 is 1.24 bits per heavy atom. The first-order valence-corrected chi connectivity index (χ1v) is 8.80. The molecule has 130 valence electrons. The molecular formula is C19H21ClN4O. The standard InChI is InChI=1S/C19H21ClN4O/c1-14-8-10-24(11-9-14)19-21-12-16(13-22-19)23-18(25)7-6-15-4-2-3-5-17(15)20/h2-7,12-14H,8-11H2,1H3,(H,23,25)/b7-6+. The van der Waals surface area contributed by atoms with Gasteiger partial charge < -0.3 is 10.2 Å². The molecule has 6 heteroatoms. The van der Waals surface area contributed by atoms with Gasteiger partial charge in [0.25, 0.3) is 0 Å². The maximum absolute atomic E-state index is 12.0. The number of benzene rings is 1. The zero-order valence-corrected chi connectivity index (χ0v) is 14.9. The van der Waals surface area contributed by atoms with Crippen LogP contribution in [0.4, 0.5) is 11.6 Å². The summed E-state index contributed by atoms with van der Waals surface area (Å²) >= 11 is 6.06. The number of aromatic nitrogens is 2. The zero-order valence-electron chi connectivity index (χ0n) is 14.2. The van der Waals surface area contributed by atoms with E-state index in [-0.39, 0.29) is 5.91 Å². The Labute approximate surface area is 152 Å². The molecular weight excluding hydrogens is 336 g/mol. The lowest BCUT2D eigenvalue weighted by Crippen LogP contribution is -2.34. The second kappa shape index (κ2) is 8.12. The smallest absolute Gasteiger partial charge is 0.248 e. The van der Waals surface area contributed by atoms with E-state index in [0.717, 1.165) is 43.4 Å². The van der Waals surface area contributed by atoms with Crippen LogP contribution in [0.15, 0.2) is 42.7 Å². The van der Waals surface area contributed by atoms with Gasteiger partial charge in [-0.1, -0.05) is 36.7 Å². The highest BCUT2D eigenvalue weighted by Gasteiger charge is 2.17. The van der Waals surface area contributed by atoms with Crippen molar-refractivity contribution in [3.63, 3.8) is 0 Å². The molecule has 0 radical (unpaired) electrons. The largest absolute Gasteiger partial charge is 0.341 e. The Bertz CT molecular complexity index is 752. The molecule has 1 N–H and O–H groups in total. The van der Waals surface area contributed by atoms with Crippen LogP contribution in [0, 0.1) is 5.92 Å². The maximum atomic E-state index is 12.0. The Hall–Kier alpha value is -2.40. The summed E-state index contributed by atoms with van der Waals surface area (Å²) in [5.74, 6) is 1.24. The number of nitrogens with one attached hydrogen (secondary N) is 1. The molecule has 1 aliphatic rings. The van der Waals surface area contributed by atoms with E-state index < -0.39 is 0 Å². The first-order chi connectivity index (χ1) is 12.1. The number of hydrogen-bond acceptors (Lipinski definition) is 4. The topological polar surface area (TPSA) is 58.1 Å². The fourth-order valence-electron chi connectivity index (χ4n) is 2.72. The lowest BCUT2D eigenvalue weighted by molar-refractivity contribution is -0.111. The number of carbonyl (C=O) groups is 1. The quantitative estimate of drug-likeness (QED) is 0.840. The van der Waals surface area contributed by atoms with Crippen LogP contribution in [-0.4, -0.2) is 29.0 Å². The monoisotopic (exact) mass is 356 g/mol. The molecule has 2 aromatic rings. The van der Waals surface area contributed by atoms with Crippen molar-refractivity contribution < 1.29 is 4.79 Å². The van der Waals surface area contributed by atoms with Crippen LogP contribution in [0.3, 0.4) is 0 Å². The third kappa shape index (κ3) is 4.79. The summed E-state index contributed by atoms with van der Waals surface area (Å²) in [5.41, 5.74) is 1.37. The van der Waals surface area contributed by atoms with Gasteiger partial charge in [-0.05, 0) is 36.5 Å². The summed E-state index contributed by atoms with van der Waals surface area (Å²) < 4.78 is 0. The maximum Gasteiger partial charge on any atom is 0.248 e. The van der Waals surface area contributed by atoms with Crippen LogP contribution < -0.4 is 10.2 Å². The van der Waals surface area contributed by atoms with Gasteiger partial charge in [-0.3, -0.25) is 4.79 Å². The predicted molar refractivity (Wildman–Crippen MR) is 102 cm³/mol. The van der Waals surface area contributed by atoms with Gasteiger partial charge in [0, 0.05) is 24.2 Å². The average Bonchev–Trinajstić information content (AvgIpc) is 2.62. The van der Waals surface area contributed by atoms with Crippen molar-refractivity contribution in [3.8, 4) is 0 Å². The average molecular weight is 357 g/mol. The predicted octanol–water partition coefficient (Wildman–Crippen LogP) is 4.02. The van der Waals surface area contributed by atoms with Gasteiger partial charge in [-0.2, -0.15) is 0 Å². The molecule has 0 atom stereocenters. The highest BCUT2D eigenvalue weighted by Crippen LogP contribution is 2.20. The molecule has 5 nitrogen and oxygen atoms in total. The van der Waals surface area contributed by atoms with Crippen molar-refractivity contribution >= 4 is 35.2 Å². The molecule has 1 aliphatic heterocycles. The number of anilines is 2. The Morgan fingerprint density at radius 2 is 1.92 bits per heavy atom. The van der Waals surface area contributed by atoms with Crippen LogP contribution in [0.1, 0.15) is 25.3 Å². The lowest BCUT2D eigenvalue weighted by atomic mass is 10.00. The molecule has 0 aliphatic carbocycles. The van der Waals surface area contributed by atoms with Crippen LogP contribution in [0.25, 0.3) is 6.08 Å². The summed E-state index contributed by atoms with van der Waals surface area (Å²) in [6.45, 7) is 4.23. The minimum atomic E-state index is -0.247. The molecule has 1 amide bonds. The van der Waals surface area contributed by atoms with Crippen molar-refractivity contribution in [2.45, 2.75) is 19.8 Å². The van der Waals surface area contributed by atoms with Crippen molar-refractivity contribution in [2.75, 3.05) is 23.3 Å². The molecule has 0 bridgehead atoms. The van der Waals surface area contributed by atoms with Gasteiger partial charge in [-0.15, -0.1) is 0 Å². The van der Waals surface area contributed by atoms with E-state index in [1.165, 1.54) is 6.08 Å². The summed E-state index contributed by atoms with van der Waals surface area (Å²) in [6.07, 6.45) is 8.73. The van der Waals surface area contributed by atoms with Crippen LogP contribution >= 0.6 is 11.6 Å². The summed E-state index contributed by atoms with van der Waals surface area (Å²) in [5, 5.41) is 3.36. The molecule has 25 heavy (non-hydrogen) atoms. The molecule has 1 aromatic carbocycles. The molecule has 0 spiro atoms. The molecule has 1 saturated heterocycles. The van der Waals surface area contributed by atoms with E-state index in [9.17, 15) is 4.79 Å². The van der Waals surface area contributed by atoms with Gasteiger partial charge in [0.2, 0.25) is 11.9 Å². The summed E-state index contributed by atoms with van der Waals surface area (Å²) in [7, 11) is 0. The Morgan fingerprint density at radius 3 is 2.60 bits per heavy atom. The Kier molecular flexibility index (Phi) is 5.66. The third-order valence-electron chi connectivity index (χ3n) is 4.29. The second-order valence-electron chi connectivity index (χ2n) is 6.29. The highest BCUT2D eigenvalue weighted by molar-refractivity contribution is 6.32. The number of amides is 1. The van der Waals surface area contributed by atoms with E-state index in [0.29, 0.717) is 10.7 Å². The van der Waals surface area contributed by atoms with Gasteiger partial charge in [0.15, 0.2) is 0 Å². The Balaban J connectivity index is 1.58. The lowest BCUT2D eigenvalue weighted by Gasteiger charge is -2.30. The van der Waals surface area contributed by atoms with E-state index >= 15 is 0 Å². The van der Waals surface area contributed by atoms with E-state index in [2.05, 4.69) is 27.1 Å². The zero-order chi connectivity index (χ0) is 17.6. The van der Waals surface area contributed by atoms with Gasteiger partial charge in [-0.25, -0.2) is 9.97 Å². The third-order valence-corrected chi connectivity index (χ3v) is 4.64. The summed E-state index contributed by atoms with van der Waals surface area (Å²) in [6, 6.07) is 7.36. The number of piperidine rings is 1. The van der Waals surface area contributed by atoms with E-state index in [1.807, 2.05) is 18.2 Å². The number of halogens is 1. The van der Waals surface area contributed by atoms with Gasteiger partial charge in [0.1, 0.15) is 0 Å². The minimum Gasteiger partial charge on any atom is -0.341 e. The first kappa shape index (κ1) is 17.4. The van der Waals surface area contributed by atoms with Gasteiger partial charge >= 0.3 is 0 Å². The van der Waals surface area contributed by atoms with Crippen molar-refractivity contribution in [1.29, 1.82) is 0 Å². The SMILES string of the molecule is CC1CCN(c2ncc(NC(=O)/C=C/c3ccccc3Cl)cn2)CC1. The fraction of sp³-hybridized carbons (Fsp3) is 0.316. The molecule has 2 heterocycles. The number of rotatable bonds is 4. The fourth-order valence-corrected chi connectivity index (χ4v) is 2.92. The van der Waals surface area contributed by atoms with Crippen LogP contribution in [0.5, 0.6) is 0 Å². The molecule has 1 aromatic heterocycles.